The van der Waals surface area contributed by atoms with Crippen LogP contribution >= 0.6 is 23.2 Å². The monoisotopic (exact) mass is 319 g/mol. The number of esters is 1. The average Bonchev–Trinajstić information content (AvgIpc) is 2.26. The lowest BCUT2D eigenvalue weighted by Crippen LogP contribution is -2.24. The second kappa shape index (κ2) is 6.10. The van der Waals surface area contributed by atoms with Gasteiger partial charge in [-0.1, -0.05) is 23.2 Å². The van der Waals surface area contributed by atoms with E-state index in [-0.39, 0.29) is 33.1 Å². The second-order valence-corrected chi connectivity index (χ2v) is 6.42. The highest BCUT2D eigenvalue weighted by atomic mass is 35.5. The van der Waals surface area contributed by atoms with Gasteiger partial charge in [0.15, 0.2) is 5.75 Å². The zero-order chi connectivity index (χ0) is 15.7. The maximum Gasteiger partial charge on any atom is 0.340 e. The molecular formula is C14H19Cl2NO3. The molecule has 0 aliphatic heterocycles. The first-order chi connectivity index (χ1) is 9.03. The number of ether oxygens (including phenoxy) is 2. The molecule has 0 amide bonds. The first kappa shape index (κ1) is 16.9. The van der Waals surface area contributed by atoms with Crippen LogP contribution in [0.3, 0.4) is 0 Å². The molecule has 2 N–H and O–H groups in total. The fraction of sp³-hybridized carbons (Fsp3) is 0.500. The second-order valence-electron chi connectivity index (χ2n) is 5.63. The average molecular weight is 320 g/mol. The van der Waals surface area contributed by atoms with Crippen molar-refractivity contribution in [1.82, 2.24) is 0 Å². The van der Waals surface area contributed by atoms with Crippen LogP contribution in [-0.2, 0) is 4.74 Å². The van der Waals surface area contributed by atoms with E-state index < -0.39 is 11.6 Å². The molecule has 0 aromatic heterocycles. The van der Waals surface area contributed by atoms with Crippen molar-refractivity contribution in [3.63, 3.8) is 0 Å². The Morgan fingerprint density at radius 2 is 1.85 bits per heavy atom. The van der Waals surface area contributed by atoms with Gasteiger partial charge in [0.1, 0.15) is 10.6 Å². The van der Waals surface area contributed by atoms with Crippen LogP contribution in [0.15, 0.2) is 6.07 Å². The number of anilines is 1. The van der Waals surface area contributed by atoms with Crippen molar-refractivity contribution in [1.29, 1.82) is 0 Å². The minimum atomic E-state index is -0.629. The summed E-state index contributed by atoms with van der Waals surface area (Å²) in [7, 11) is 0. The van der Waals surface area contributed by atoms with Crippen LogP contribution in [0.25, 0.3) is 0 Å². The molecule has 0 saturated heterocycles. The molecule has 6 heteroatoms. The summed E-state index contributed by atoms with van der Waals surface area (Å²) in [6.07, 6.45) is -0.114. The third kappa shape index (κ3) is 4.18. The number of halogens is 2. The van der Waals surface area contributed by atoms with Gasteiger partial charge in [-0.25, -0.2) is 4.79 Å². The Hall–Kier alpha value is -1.13. The van der Waals surface area contributed by atoms with E-state index in [0.29, 0.717) is 0 Å². The number of nitrogen functional groups attached to an aromatic ring is 1. The lowest BCUT2D eigenvalue weighted by molar-refractivity contribution is 0.00708. The quantitative estimate of drug-likeness (QED) is 0.665. The van der Waals surface area contributed by atoms with Gasteiger partial charge in [-0.3, -0.25) is 0 Å². The molecule has 112 valence electrons. The zero-order valence-corrected chi connectivity index (χ0v) is 13.7. The molecule has 1 aromatic carbocycles. The predicted octanol–water partition coefficient (Wildman–Crippen LogP) is 4.32. The highest BCUT2D eigenvalue weighted by molar-refractivity contribution is 6.39. The largest absolute Gasteiger partial charge is 0.488 e. The summed E-state index contributed by atoms with van der Waals surface area (Å²) in [5.74, 6) is -0.303. The number of nitrogens with two attached hydrogens (primary N) is 1. The van der Waals surface area contributed by atoms with Crippen molar-refractivity contribution in [3.05, 3.63) is 21.7 Å². The fourth-order valence-electron chi connectivity index (χ4n) is 1.46. The Morgan fingerprint density at radius 1 is 1.30 bits per heavy atom. The standard InChI is InChI=1S/C14H19Cl2NO3/c1-7(2)19-12-9(15)6-8(11(17)10(12)16)13(18)20-14(3,4)5/h6-7H,17H2,1-5H3. The minimum absolute atomic E-state index is 0.0981. The van der Waals surface area contributed by atoms with E-state index in [1.54, 1.807) is 20.8 Å². The van der Waals surface area contributed by atoms with Crippen LogP contribution < -0.4 is 10.5 Å². The molecule has 0 aliphatic carbocycles. The zero-order valence-electron chi connectivity index (χ0n) is 12.2. The van der Waals surface area contributed by atoms with Crippen molar-refractivity contribution < 1.29 is 14.3 Å². The highest BCUT2D eigenvalue weighted by Crippen LogP contribution is 2.40. The van der Waals surface area contributed by atoms with E-state index in [1.165, 1.54) is 6.07 Å². The topological polar surface area (TPSA) is 61.5 Å². The first-order valence-corrected chi connectivity index (χ1v) is 6.96. The molecule has 0 spiro atoms. The molecule has 0 fully saturated rings. The summed E-state index contributed by atoms with van der Waals surface area (Å²) in [6.45, 7) is 8.97. The van der Waals surface area contributed by atoms with E-state index in [1.807, 2.05) is 13.8 Å². The molecule has 0 atom stereocenters. The van der Waals surface area contributed by atoms with Crippen LogP contribution in [0.4, 0.5) is 5.69 Å². The van der Waals surface area contributed by atoms with Crippen molar-refractivity contribution >= 4 is 34.9 Å². The third-order valence-electron chi connectivity index (χ3n) is 2.19. The summed E-state index contributed by atoms with van der Waals surface area (Å²) in [6, 6.07) is 1.41. The van der Waals surface area contributed by atoms with Gasteiger partial charge < -0.3 is 15.2 Å². The number of hydrogen-bond acceptors (Lipinski definition) is 4. The van der Waals surface area contributed by atoms with E-state index >= 15 is 0 Å². The molecular weight excluding hydrogens is 301 g/mol. The van der Waals surface area contributed by atoms with Gasteiger partial charge in [-0.15, -0.1) is 0 Å². The SMILES string of the molecule is CC(C)Oc1c(Cl)cc(C(=O)OC(C)(C)C)c(N)c1Cl. The van der Waals surface area contributed by atoms with Gasteiger partial charge in [-0.2, -0.15) is 0 Å². The van der Waals surface area contributed by atoms with Gasteiger partial charge in [0.25, 0.3) is 0 Å². The summed E-state index contributed by atoms with van der Waals surface area (Å²) in [4.78, 5) is 12.1. The van der Waals surface area contributed by atoms with Crippen LogP contribution in [0.5, 0.6) is 5.75 Å². The summed E-state index contributed by atoms with van der Waals surface area (Å²) in [5.41, 5.74) is 5.48. The normalized spacial score (nSPS) is 11.6. The summed E-state index contributed by atoms with van der Waals surface area (Å²) >= 11 is 12.2. The number of carbonyl (C=O) groups excluding carboxylic acids is 1. The lowest BCUT2D eigenvalue weighted by atomic mass is 10.1. The van der Waals surface area contributed by atoms with Gasteiger partial charge in [0.05, 0.1) is 22.4 Å². The number of hydrogen-bond donors (Lipinski definition) is 1. The Balaban J connectivity index is 3.22. The molecule has 1 rings (SSSR count). The van der Waals surface area contributed by atoms with E-state index in [2.05, 4.69) is 0 Å². The van der Waals surface area contributed by atoms with Gasteiger partial charge in [0, 0.05) is 0 Å². The third-order valence-corrected chi connectivity index (χ3v) is 2.84. The number of benzene rings is 1. The number of rotatable bonds is 3. The van der Waals surface area contributed by atoms with Gasteiger partial charge >= 0.3 is 5.97 Å². The van der Waals surface area contributed by atoms with Crippen molar-refractivity contribution in [2.45, 2.75) is 46.3 Å². The maximum absolute atomic E-state index is 12.1. The van der Waals surface area contributed by atoms with Crippen LogP contribution in [0, 0.1) is 0 Å². The molecule has 0 heterocycles. The molecule has 4 nitrogen and oxygen atoms in total. The van der Waals surface area contributed by atoms with Crippen LogP contribution in [-0.4, -0.2) is 17.7 Å². The number of carbonyl (C=O) groups is 1. The Labute approximate surface area is 129 Å². The molecule has 0 bridgehead atoms. The van der Waals surface area contributed by atoms with Crippen molar-refractivity contribution in [3.8, 4) is 5.75 Å². The van der Waals surface area contributed by atoms with E-state index in [0.717, 1.165) is 0 Å². The van der Waals surface area contributed by atoms with E-state index in [4.69, 9.17) is 38.4 Å². The van der Waals surface area contributed by atoms with Crippen LogP contribution in [0.2, 0.25) is 10.0 Å². The molecule has 1 aromatic rings. The molecule has 0 aliphatic rings. The summed E-state index contributed by atoms with van der Waals surface area (Å²) in [5, 5.41) is 0.339. The molecule has 20 heavy (non-hydrogen) atoms. The predicted molar refractivity (Wildman–Crippen MR) is 81.8 cm³/mol. The molecule has 0 unspecified atom stereocenters. The molecule has 0 saturated carbocycles. The fourth-order valence-corrected chi connectivity index (χ4v) is 2.01. The Kier molecular flexibility index (Phi) is 5.16. The maximum atomic E-state index is 12.1. The minimum Gasteiger partial charge on any atom is -0.488 e. The smallest absolute Gasteiger partial charge is 0.340 e. The van der Waals surface area contributed by atoms with Gasteiger partial charge in [-0.05, 0) is 40.7 Å². The Morgan fingerprint density at radius 3 is 2.30 bits per heavy atom. The first-order valence-electron chi connectivity index (χ1n) is 6.20. The lowest BCUT2D eigenvalue weighted by Gasteiger charge is -2.21. The van der Waals surface area contributed by atoms with E-state index in [9.17, 15) is 4.79 Å². The highest BCUT2D eigenvalue weighted by Gasteiger charge is 2.24. The van der Waals surface area contributed by atoms with Gasteiger partial charge in [0.2, 0.25) is 0 Å². The van der Waals surface area contributed by atoms with Crippen molar-refractivity contribution in [2.24, 2.45) is 0 Å². The molecule has 0 radical (unpaired) electrons. The van der Waals surface area contributed by atoms with Crippen molar-refractivity contribution in [2.75, 3.05) is 5.73 Å². The Bertz CT molecular complexity index is 522. The van der Waals surface area contributed by atoms with Crippen LogP contribution in [0.1, 0.15) is 45.0 Å². The summed E-state index contributed by atoms with van der Waals surface area (Å²) < 4.78 is 10.8.